The van der Waals surface area contributed by atoms with E-state index >= 15 is 0 Å². The van der Waals surface area contributed by atoms with Crippen LogP contribution in [-0.4, -0.2) is 39.1 Å². The molecule has 0 fully saturated rings. The van der Waals surface area contributed by atoms with E-state index in [9.17, 15) is 13.2 Å². The lowest BCUT2D eigenvalue weighted by molar-refractivity contribution is -0.128. The maximum absolute atomic E-state index is 12.6. The van der Waals surface area contributed by atoms with Crippen molar-refractivity contribution in [1.29, 1.82) is 0 Å². The molecule has 0 atom stereocenters. The predicted octanol–water partition coefficient (Wildman–Crippen LogP) is 2.73. The van der Waals surface area contributed by atoms with Gasteiger partial charge in [-0.05, 0) is 36.6 Å². The van der Waals surface area contributed by atoms with E-state index in [1.807, 2.05) is 50.2 Å². The first kappa shape index (κ1) is 19.0. The van der Waals surface area contributed by atoms with Gasteiger partial charge in [-0.2, -0.15) is 0 Å². The van der Waals surface area contributed by atoms with Crippen molar-refractivity contribution >= 4 is 21.6 Å². The van der Waals surface area contributed by atoms with Crippen molar-refractivity contribution in [2.45, 2.75) is 20.4 Å². The minimum atomic E-state index is -3.57. The molecule has 0 aromatic heterocycles. The van der Waals surface area contributed by atoms with Gasteiger partial charge in [0.15, 0.2) is 0 Å². The fourth-order valence-corrected chi connectivity index (χ4v) is 3.48. The Morgan fingerprint density at radius 2 is 1.64 bits per heavy atom. The SMILES string of the molecule is Cc1cccc(N(CC(=O)N(C)Cc2ccccc2)S(C)(=O)=O)c1C. The second-order valence-electron chi connectivity index (χ2n) is 6.22. The van der Waals surface area contributed by atoms with Gasteiger partial charge in [-0.25, -0.2) is 8.42 Å². The molecule has 0 aliphatic rings. The number of hydrogen-bond donors (Lipinski definition) is 0. The number of benzene rings is 2. The number of aryl methyl sites for hydroxylation is 1. The average Bonchev–Trinajstić information content (AvgIpc) is 2.55. The second-order valence-corrected chi connectivity index (χ2v) is 8.13. The van der Waals surface area contributed by atoms with Crippen molar-refractivity contribution in [2.75, 3.05) is 24.2 Å². The van der Waals surface area contributed by atoms with Gasteiger partial charge in [0.25, 0.3) is 0 Å². The standard InChI is InChI=1S/C19H24N2O3S/c1-15-9-8-12-18(16(15)2)21(25(4,23)24)14-19(22)20(3)13-17-10-6-5-7-11-17/h5-12H,13-14H2,1-4H3. The van der Waals surface area contributed by atoms with Gasteiger partial charge in [-0.15, -0.1) is 0 Å². The molecule has 1 amide bonds. The molecule has 0 unspecified atom stereocenters. The van der Waals surface area contributed by atoms with E-state index in [2.05, 4.69) is 0 Å². The zero-order valence-corrected chi connectivity index (χ0v) is 15.9. The molecule has 0 saturated heterocycles. The Morgan fingerprint density at radius 1 is 1.00 bits per heavy atom. The monoisotopic (exact) mass is 360 g/mol. The van der Waals surface area contributed by atoms with Gasteiger partial charge in [-0.1, -0.05) is 42.5 Å². The summed E-state index contributed by atoms with van der Waals surface area (Å²) >= 11 is 0. The van der Waals surface area contributed by atoms with Crippen LogP contribution in [-0.2, 0) is 21.4 Å². The third-order valence-electron chi connectivity index (χ3n) is 4.21. The summed E-state index contributed by atoms with van der Waals surface area (Å²) in [7, 11) is -1.89. The lowest BCUT2D eigenvalue weighted by Crippen LogP contribution is -2.41. The van der Waals surface area contributed by atoms with Crippen LogP contribution in [0.15, 0.2) is 48.5 Å². The summed E-state index contributed by atoms with van der Waals surface area (Å²) in [4.78, 5) is 14.1. The molecular weight excluding hydrogens is 336 g/mol. The van der Waals surface area contributed by atoms with Crippen LogP contribution in [0.4, 0.5) is 5.69 Å². The lowest BCUT2D eigenvalue weighted by Gasteiger charge is -2.27. The van der Waals surface area contributed by atoms with Gasteiger partial charge < -0.3 is 4.90 Å². The maximum Gasteiger partial charge on any atom is 0.243 e. The lowest BCUT2D eigenvalue weighted by atomic mass is 10.1. The van der Waals surface area contributed by atoms with Gasteiger partial charge in [0, 0.05) is 13.6 Å². The quantitative estimate of drug-likeness (QED) is 0.796. The summed E-state index contributed by atoms with van der Waals surface area (Å²) in [5.41, 5.74) is 3.38. The van der Waals surface area contributed by atoms with Crippen LogP contribution in [0.2, 0.25) is 0 Å². The number of nitrogens with zero attached hydrogens (tertiary/aromatic N) is 2. The van der Waals surface area contributed by atoms with Crippen molar-refractivity contribution in [3.63, 3.8) is 0 Å². The van der Waals surface area contributed by atoms with E-state index in [-0.39, 0.29) is 12.5 Å². The molecule has 2 aromatic carbocycles. The van der Waals surface area contributed by atoms with Crippen LogP contribution in [0.5, 0.6) is 0 Å². The van der Waals surface area contributed by atoms with Crippen molar-refractivity contribution in [2.24, 2.45) is 0 Å². The van der Waals surface area contributed by atoms with Gasteiger partial charge in [0.1, 0.15) is 6.54 Å². The van der Waals surface area contributed by atoms with Crippen molar-refractivity contribution in [3.8, 4) is 0 Å². The molecule has 0 heterocycles. The number of likely N-dealkylation sites (N-methyl/N-ethyl adjacent to an activating group) is 1. The Morgan fingerprint density at radius 3 is 2.24 bits per heavy atom. The highest BCUT2D eigenvalue weighted by Crippen LogP contribution is 2.25. The topological polar surface area (TPSA) is 57.7 Å². The van der Waals surface area contributed by atoms with Crippen LogP contribution >= 0.6 is 0 Å². The fraction of sp³-hybridized carbons (Fsp3) is 0.316. The molecular formula is C19H24N2O3S. The Bertz CT molecular complexity index is 848. The Labute approximate surface area is 149 Å². The van der Waals surface area contributed by atoms with Crippen LogP contribution in [0.1, 0.15) is 16.7 Å². The highest BCUT2D eigenvalue weighted by atomic mass is 32.2. The number of anilines is 1. The highest BCUT2D eigenvalue weighted by Gasteiger charge is 2.24. The highest BCUT2D eigenvalue weighted by molar-refractivity contribution is 7.92. The summed E-state index contributed by atoms with van der Waals surface area (Å²) in [6.07, 6.45) is 1.12. The number of amides is 1. The first-order valence-corrected chi connectivity index (χ1v) is 9.87. The first-order valence-electron chi connectivity index (χ1n) is 8.02. The van der Waals surface area contributed by atoms with E-state index in [0.29, 0.717) is 12.2 Å². The van der Waals surface area contributed by atoms with E-state index in [1.54, 1.807) is 24.1 Å². The van der Waals surface area contributed by atoms with Gasteiger partial charge in [-0.3, -0.25) is 9.10 Å². The van der Waals surface area contributed by atoms with Gasteiger partial charge >= 0.3 is 0 Å². The molecule has 134 valence electrons. The number of carbonyl (C=O) groups excluding carboxylic acids is 1. The molecule has 0 bridgehead atoms. The summed E-state index contributed by atoms with van der Waals surface area (Å²) in [6, 6.07) is 15.0. The Balaban J connectivity index is 2.23. The summed E-state index contributed by atoms with van der Waals surface area (Å²) in [5, 5.41) is 0. The van der Waals surface area contributed by atoms with Crippen molar-refractivity contribution in [3.05, 3.63) is 65.2 Å². The van der Waals surface area contributed by atoms with Gasteiger partial charge in [0.2, 0.25) is 15.9 Å². The number of hydrogen-bond acceptors (Lipinski definition) is 3. The molecule has 0 saturated carbocycles. The molecule has 25 heavy (non-hydrogen) atoms. The second kappa shape index (κ2) is 7.70. The minimum Gasteiger partial charge on any atom is -0.340 e. The van der Waals surface area contributed by atoms with Crippen LogP contribution < -0.4 is 4.31 Å². The maximum atomic E-state index is 12.6. The molecule has 0 spiro atoms. The molecule has 5 nitrogen and oxygen atoms in total. The van der Waals surface area contributed by atoms with E-state index in [0.717, 1.165) is 22.9 Å². The average molecular weight is 360 g/mol. The molecule has 0 radical (unpaired) electrons. The van der Waals surface area contributed by atoms with E-state index in [1.165, 1.54) is 4.31 Å². The smallest absolute Gasteiger partial charge is 0.243 e. The largest absolute Gasteiger partial charge is 0.340 e. The van der Waals surface area contributed by atoms with Crippen LogP contribution in [0.25, 0.3) is 0 Å². The molecule has 0 aliphatic carbocycles. The third-order valence-corrected chi connectivity index (χ3v) is 5.34. The molecule has 0 N–H and O–H groups in total. The Hall–Kier alpha value is -2.34. The summed E-state index contributed by atoms with van der Waals surface area (Å²) < 4.78 is 25.7. The molecule has 2 rings (SSSR count). The first-order chi connectivity index (χ1) is 11.7. The van der Waals surface area contributed by atoms with Crippen molar-refractivity contribution in [1.82, 2.24) is 4.90 Å². The van der Waals surface area contributed by atoms with Crippen LogP contribution in [0.3, 0.4) is 0 Å². The van der Waals surface area contributed by atoms with E-state index in [4.69, 9.17) is 0 Å². The van der Waals surface area contributed by atoms with Gasteiger partial charge in [0.05, 0.1) is 11.9 Å². The number of rotatable bonds is 6. The van der Waals surface area contributed by atoms with E-state index < -0.39 is 10.0 Å². The predicted molar refractivity (Wildman–Crippen MR) is 101 cm³/mol. The Kier molecular flexibility index (Phi) is 5.85. The zero-order chi connectivity index (χ0) is 18.6. The number of sulfonamides is 1. The number of carbonyl (C=O) groups is 1. The molecule has 2 aromatic rings. The summed E-state index contributed by atoms with van der Waals surface area (Å²) in [5.74, 6) is -0.254. The third kappa shape index (κ3) is 4.82. The van der Waals surface area contributed by atoms with Crippen LogP contribution in [0, 0.1) is 13.8 Å². The normalized spacial score (nSPS) is 11.2. The summed E-state index contributed by atoms with van der Waals surface area (Å²) in [6.45, 7) is 4.00. The minimum absolute atomic E-state index is 0.216. The van der Waals surface area contributed by atoms with Crippen molar-refractivity contribution < 1.29 is 13.2 Å². The zero-order valence-electron chi connectivity index (χ0n) is 15.1. The molecule has 6 heteroatoms. The molecule has 0 aliphatic heterocycles. The fourth-order valence-electron chi connectivity index (χ4n) is 2.58.